The van der Waals surface area contributed by atoms with Gasteiger partial charge < -0.3 is 4.74 Å². The van der Waals surface area contributed by atoms with Crippen LogP contribution in [0.25, 0.3) is 0 Å². The zero-order chi connectivity index (χ0) is 11.4. The maximum absolute atomic E-state index is 11.3. The number of rotatable bonds is 3. The van der Waals surface area contributed by atoms with Crippen molar-refractivity contribution < 1.29 is 14.3 Å². The number of aldehydes is 1. The number of esters is 1. The second kappa shape index (κ2) is 4.55. The van der Waals surface area contributed by atoms with Crippen molar-refractivity contribution in [2.75, 3.05) is 0 Å². The minimum Gasteiger partial charge on any atom is -0.422 e. The van der Waals surface area contributed by atoms with E-state index in [2.05, 4.69) is 6.58 Å². The Morgan fingerprint density at radius 1 is 1.47 bits per heavy atom. The maximum atomic E-state index is 11.3. The number of carbonyl (C=O) groups excluding carboxylic acids is 2. The van der Waals surface area contributed by atoms with Crippen LogP contribution >= 0.6 is 0 Å². The van der Waals surface area contributed by atoms with Crippen LogP contribution < -0.4 is 4.74 Å². The molecule has 0 unspecified atom stereocenters. The van der Waals surface area contributed by atoms with E-state index in [-0.39, 0.29) is 5.75 Å². The molecule has 3 nitrogen and oxygen atoms in total. The molecule has 0 aliphatic heterocycles. The summed E-state index contributed by atoms with van der Waals surface area (Å²) in [5, 5.41) is 0. The largest absolute Gasteiger partial charge is 0.422 e. The Kier molecular flexibility index (Phi) is 3.39. The first-order valence-corrected chi connectivity index (χ1v) is 4.48. The number of hydrogen-bond acceptors (Lipinski definition) is 3. The average molecular weight is 204 g/mol. The molecule has 15 heavy (non-hydrogen) atoms. The fraction of sp³-hybridized carbons (Fsp3) is 0.167. The third kappa shape index (κ3) is 2.77. The van der Waals surface area contributed by atoms with Gasteiger partial charge in [-0.2, -0.15) is 0 Å². The van der Waals surface area contributed by atoms with Crippen LogP contribution in [-0.4, -0.2) is 12.3 Å². The predicted molar refractivity (Wildman–Crippen MR) is 57.0 cm³/mol. The van der Waals surface area contributed by atoms with E-state index in [9.17, 15) is 9.59 Å². The molecule has 3 heteroatoms. The minimum atomic E-state index is -0.524. The molecule has 0 aliphatic carbocycles. The maximum Gasteiger partial charge on any atom is 0.338 e. The average Bonchev–Trinajstić information content (AvgIpc) is 2.18. The third-order valence-corrected chi connectivity index (χ3v) is 1.85. The number of hydrogen-bond donors (Lipinski definition) is 0. The van der Waals surface area contributed by atoms with E-state index in [0.717, 1.165) is 5.56 Å². The van der Waals surface area contributed by atoms with Gasteiger partial charge in [-0.25, -0.2) is 4.79 Å². The molecule has 0 aliphatic rings. The van der Waals surface area contributed by atoms with Crippen LogP contribution in [0.15, 0.2) is 30.4 Å². The lowest BCUT2D eigenvalue weighted by Crippen LogP contribution is -2.09. The Balaban J connectivity index is 3.02. The molecule has 0 saturated carbocycles. The van der Waals surface area contributed by atoms with Crippen molar-refractivity contribution in [3.05, 3.63) is 41.5 Å². The zero-order valence-corrected chi connectivity index (χ0v) is 8.74. The van der Waals surface area contributed by atoms with Crippen LogP contribution in [0.5, 0.6) is 5.75 Å². The summed E-state index contributed by atoms with van der Waals surface area (Å²) < 4.78 is 5.01. The molecule has 0 aromatic heterocycles. The van der Waals surface area contributed by atoms with E-state index < -0.39 is 5.97 Å². The Morgan fingerprint density at radius 3 is 2.67 bits per heavy atom. The fourth-order valence-corrected chi connectivity index (χ4v) is 1.01. The lowest BCUT2D eigenvalue weighted by Gasteiger charge is -2.06. The molecule has 1 aromatic rings. The summed E-state index contributed by atoms with van der Waals surface area (Å²) in [6.07, 6.45) is 0.653. The topological polar surface area (TPSA) is 43.4 Å². The zero-order valence-electron chi connectivity index (χ0n) is 8.74. The second-order valence-electron chi connectivity index (χ2n) is 3.33. The van der Waals surface area contributed by atoms with Crippen molar-refractivity contribution in [3.63, 3.8) is 0 Å². The van der Waals surface area contributed by atoms with Crippen LogP contribution in [0, 0.1) is 6.92 Å². The molecule has 0 heterocycles. The summed E-state index contributed by atoms with van der Waals surface area (Å²) in [4.78, 5) is 21.9. The number of aryl methyl sites for hydroxylation is 1. The third-order valence-electron chi connectivity index (χ3n) is 1.85. The van der Waals surface area contributed by atoms with Crippen molar-refractivity contribution in [3.8, 4) is 5.75 Å². The Bertz CT molecular complexity index is 419. The van der Waals surface area contributed by atoms with E-state index >= 15 is 0 Å². The van der Waals surface area contributed by atoms with Gasteiger partial charge >= 0.3 is 5.97 Å². The summed E-state index contributed by atoms with van der Waals surface area (Å²) in [5.74, 6) is -0.248. The van der Waals surface area contributed by atoms with Gasteiger partial charge in [0.05, 0.1) is 5.56 Å². The van der Waals surface area contributed by atoms with Crippen LogP contribution in [-0.2, 0) is 4.79 Å². The molecule has 0 spiro atoms. The highest BCUT2D eigenvalue weighted by Crippen LogP contribution is 2.19. The standard InChI is InChI=1S/C12H12O3/c1-8(2)12(14)15-11-6-9(3)4-5-10(11)7-13/h4-7H,1H2,2-3H3. The molecule has 0 bridgehead atoms. The molecule has 1 aromatic carbocycles. The lowest BCUT2D eigenvalue weighted by atomic mass is 10.1. The van der Waals surface area contributed by atoms with Crippen molar-refractivity contribution in [1.82, 2.24) is 0 Å². The number of carbonyl (C=O) groups is 2. The quantitative estimate of drug-likeness (QED) is 0.328. The van der Waals surface area contributed by atoms with Gasteiger partial charge in [0.25, 0.3) is 0 Å². The van der Waals surface area contributed by atoms with Gasteiger partial charge in [0, 0.05) is 5.57 Å². The molecular weight excluding hydrogens is 192 g/mol. The summed E-state index contributed by atoms with van der Waals surface area (Å²) >= 11 is 0. The van der Waals surface area contributed by atoms with Crippen molar-refractivity contribution in [1.29, 1.82) is 0 Å². The first-order valence-electron chi connectivity index (χ1n) is 4.48. The van der Waals surface area contributed by atoms with Gasteiger partial charge in [-0.3, -0.25) is 4.79 Å². The van der Waals surface area contributed by atoms with Crippen molar-refractivity contribution >= 4 is 12.3 Å². The van der Waals surface area contributed by atoms with E-state index in [1.165, 1.54) is 0 Å². The molecule has 1 rings (SSSR count). The summed E-state index contributed by atoms with van der Waals surface area (Å²) in [7, 11) is 0. The first-order chi connectivity index (χ1) is 7.04. The van der Waals surface area contributed by atoms with Gasteiger partial charge in [-0.15, -0.1) is 0 Å². The Labute approximate surface area is 88.4 Å². The van der Waals surface area contributed by atoms with Crippen molar-refractivity contribution in [2.45, 2.75) is 13.8 Å². The van der Waals surface area contributed by atoms with E-state index in [1.54, 1.807) is 25.1 Å². The predicted octanol–water partition coefficient (Wildman–Crippen LogP) is 2.29. The van der Waals surface area contributed by atoms with Gasteiger partial charge in [0.15, 0.2) is 6.29 Å². The molecular formula is C12H12O3. The minimum absolute atomic E-state index is 0.276. The fourth-order valence-electron chi connectivity index (χ4n) is 1.01. The van der Waals surface area contributed by atoms with Crippen molar-refractivity contribution in [2.24, 2.45) is 0 Å². The molecule has 78 valence electrons. The van der Waals surface area contributed by atoms with E-state index in [1.807, 2.05) is 6.92 Å². The molecule has 0 amide bonds. The van der Waals surface area contributed by atoms with Crippen LogP contribution in [0.2, 0.25) is 0 Å². The summed E-state index contributed by atoms with van der Waals surface area (Å²) in [6.45, 7) is 6.87. The van der Waals surface area contributed by atoms with Crippen LogP contribution in [0.1, 0.15) is 22.8 Å². The molecule has 0 fully saturated rings. The van der Waals surface area contributed by atoms with E-state index in [0.29, 0.717) is 17.4 Å². The van der Waals surface area contributed by atoms with Gasteiger partial charge in [0.1, 0.15) is 5.75 Å². The highest BCUT2D eigenvalue weighted by Gasteiger charge is 2.09. The highest BCUT2D eigenvalue weighted by atomic mass is 16.5. The monoisotopic (exact) mass is 204 g/mol. The number of ether oxygens (including phenoxy) is 1. The SMILES string of the molecule is C=C(C)C(=O)Oc1cc(C)ccc1C=O. The van der Waals surface area contributed by atoms with Crippen LogP contribution in [0.3, 0.4) is 0 Å². The number of benzene rings is 1. The lowest BCUT2D eigenvalue weighted by molar-refractivity contribution is -0.130. The second-order valence-corrected chi connectivity index (χ2v) is 3.33. The van der Waals surface area contributed by atoms with Gasteiger partial charge in [-0.05, 0) is 31.5 Å². The molecule has 0 radical (unpaired) electrons. The smallest absolute Gasteiger partial charge is 0.338 e. The molecule has 0 saturated heterocycles. The molecule has 0 atom stereocenters. The van der Waals surface area contributed by atoms with Crippen LogP contribution in [0.4, 0.5) is 0 Å². The van der Waals surface area contributed by atoms with Gasteiger partial charge in [-0.1, -0.05) is 12.6 Å². The highest BCUT2D eigenvalue weighted by molar-refractivity contribution is 5.90. The summed E-state index contributed by atoms with van der Waals surface area (Å²) in [6, 6.07) is 5.04. The van der Waals surface area contributed by atoms with E-state index in [4.69, 9.17) is 4.74 Å². The normalized spacial score (nSPS) is 9.47. The summed E-state index contributed by atoms with van der Waals surface area (Å²) in [5.41, 5.74) is 1.58. The first kappa shape index (κ1) is 11.2. The Hall–Kier alpha value is -1.90. The van der Waals surface area contributed by atoms with Gasteiger partial charge in [0.2, 0.25) is 0 Å². The Morgan fingerprint density at radius 2 is 2.13 bits per heavy atom. The molecule has 0 N–H and O–H groups in total.